The summed E-state index contributed by atoms with van der Waals surface area (Å²) < 4.78 is 24.3. The number of nitrogens with zero attached hydrogens (tertiary/aromatic N) is 1. The summed E-state index contributed by atoms with van der Waals surface area (Å²) in [5, 5.41) is 22.5. The first-order chi connectivity index (χ1) is 17.6. The number of aliphatic hydroxyl groups is 2. The lowest BCUT2D eigenvalue weighted by atomic mass is 9.91. The maximum Gasteiger partial charge on any atom is 0.254 e. The lowest BCUT2D eigenvalue weighted by molar-refractivity contribution is -0.193. The zero-order valence-corrected chi connectivity index (χ0v) is 23.3. The Morgan fingerprint density at radius 3 is 2.05 bits per heavy atom. The molecule has 0 bridgehead atoms. The second-order valence-corrected chi connectivity index (χ2v) is 15.0. The van der Waals surface area contributed by atoms with Gasteiger partial charge in [-0.05, 0) is 37.7 Å². The van der Waals surface area contributed by atoms with Gasteiger partial charge in [-0.15, -0.1) is 0 Å². The molecule has 0 aromatic heterocycles. The molecule has 2 N–H and O–H groups in total. The molecule has 1 fully saturated rings. The lowest BCUT2D eigenvalue weighted by Gasteiger charge is -2.44. The molecule has 2 aromatic rings. The standard InChI is InChI=1S/C28H41NO7Si/c1-28(36-37(2,3)4,21-34-19-22-11-7-5-8-12-22)26(35-20-23-13-9-6-10-14-23)24(30)25(31)27(32)29-15-17-33-18-16-29/h5-14,24-26,30-31H,15-21H2,1-4H3/t24-,25-,26+,28?/m1/s1. The molecular formula is C28H41NO7Si. The van der Waals surface area contributed by atoms with Crippen molar-refractivity contribution in [2.45, 2.75) is 63.7 Å². The van der Waals surface area contributed by atoms with Crippen LogP contribution in [-0.4, -0.2) is 86.2 Å². The number of carbonyl (C=O) groups is 1. The number of morpholine rings is 1. The van der Waals surface area contributed by atoms with Gasteiger partial charge < -0.3 is 33.7 Å². The van der Waals surface area contributed by atoms with Crippen molar-refractivity contribution in [1.82, 2.24) is 4.90 Å². The Balaban J connectivity index is 1.85. The van der Waals surface area contributed by atoms with E-state index in [1.54, 1.807) is 0 Å². The number of hydrogen-bond acceptors (Lipinski definition) is 7. The highest BCUT2D eigenvalue weighted by Gasteiger charge is 2.48. The van der Waals surface area contributed by atoms with Gasteiger partial charge in [0.2, 0.25) is 0 Å². The van der Waals surface area contributed by atoms with E-state index in [1.807, 2.05) is 87.2 Å². The number of benzene rings is 2. The predicted octanol–water partition coefficient (Wildman–Crippen LogP) is 2.98. The number of ether oxygens (including phenoxy) is 3. The maximum absolute atomic E-state index is 13.1. The number of carbonyl (C=O) groups excluding carboxylic acids is 1. The maximum atomic E-state index is 13.1. The minimum Gasteiger partial charge on any atom is -0.407 e. The summed E-state index contributed by atoms with van der Waals surface area (Å²) in [5.41, 5.74) is 0.761. The number of rotatable bonds is 13. The summed E-state index contributed by atoms with van der Waals surface area (Å²) in [5.74, 6) is -0.551. The molecule has 1 heterocycles. The largest absolute Gasteiger partial charge is 0.407 e. The van der Waals surface area contributed by atoms with Gasteiger partial charge in [-0.3, -0.25) is 4.79 Å². The van der Waals surface area contributed by atoms with Gasteiger partial charge in [0.15, 0.2) is 14.4 Å². The second kappa shape index (κ2) is 13.6. The molecule has 4 atom stereocenters. The fourth-order valence-electron chi connectivity index (χ4n) is 4.49. The Hall–Kier alpha value is -2.11. The van der Waals surface area contributed by atoms with Crippen molar-refractivity contribution in [2.24, 2.45) is 0 Å². The van der Waals surface area contributed by atoms with Gasteiger partial charge in [-0.2, -0.15) is 0 Å². The minimum atomic E-state index is -2.20. The molecule has 1 saturated heterocycles. The fraction of sp³-hybridized carbons (Fsp3) is 0.536. The Morgan fingerprint density at radius 1 is 0.973 bits per heavy atom. The normalized spacial score (nSPS) is 18.6. The number of amides is 1. The van der Waals surface area contributed by atoms with Crippen LogP contribution in [-0.2, 0) is 36.6 Å². The first-order valence-corrected chi connectivity index (χ1v) is 16.2. The molecule has 8 nitrogen and oxygen atoms in total. The average molecular weight is 532 g/mol. The third-order valence-electron chi connectivity index (χ3n) is 6.12. The molecule has 9 heteroatoms. The summed E-state index contributed by atoms with van der Waals surface area (Å²) in [6.45, 7) is 10.1. The molecular weight excluding hydrogens is 490 g/mol. The van der Waals surface area contributed by atoms with Crippen LogP contribution in [0.25, 0.3) is 0 Å². The van der Waals surface area contributed by atoms with E-state index in [1.165, 1.54) is 4.90 Å². The molecule has 1 aliphatic rings. The summed E-state index contributed by atoms with van der Waals surface area (Å²) in [7, 11) is -2.20. The van der Waals surface area contributed by atoms with Gasteiger partial charge in [0.1, 0.15) is 17.8 Å². The highest BCUT2D eigenvalue weighted by atomic mass is 28.4. The van der Waals surface area contributed by atoms with E-state index in [0.717, 1.165) is 11.1 Å². The molecule has 1 aliphatic heterocycles. The van der Waals surface area contributed by atoms with Gasteiger partial charge >= 0.3 is 0 Å². The first-order valence-electron chi connectivity index (χ1n) is 12.8. The van der Waals surface area contributed by atoms with Gasteiger partial charge in [-0.1, -0.05) is 60.7 Å². The van der Waals surface area contributed by atoms with Crippen LogP contribution >= 0.6 is 0 Å². The van der Waals surface area contributed by atoms with Crippen molar-refractivity contribution < 1.29 is 33.6 Å². The van der Waals surface area contributed by atoms with Crippen LogP contribution in [0.4, 0.5) is 0 Å². The summed E-state index contributed by atoms with van der Waals surface area (Å²) in [6, 6.07) is 19.3. The monoisotopic (exact) mass is 531 g/mol. The van der Waals surface area contributed by atoms with Crippen molar-refractivity contribution in [3.63, 3.8) is 0 Å². The Kier molecular flexibility index (Phi) is 10.8. The number of aliphatic hydroxyl groups excluding tert-OH is 2. The van der Waals surface area contributed by atoms with Crippen LogP contribution in [0.1, 0.15) is 18.1 Å². The summed E-state index contributed by atoms with van der Waals surface area (Å²) >= 11 is 0. The smallest absolute Gasteiger partial charge is 0.254 e. The van der Waals surface area contributed by atoms with E-state index >= 15 is 0 Å². The van der Waals surface area contributed by atoms with Crippen LogP contribution in [0.5, 0.6) is 0 Å². The molecule has 1 unspecified atom stereocenters. The zero-order valence-electron chi connectivity index (χ0n) is 22.3. The lowest BCUT2D eigenvalue weighted by Crippen LogP contribution is -2.61. The quantitative estimate of drug-likeness (QED) is 0.384. The van der Waals surface area contributed by atoms with Gasteiger partial charge in [0, 0.05) is 13.1 Å². The van der Waals surface area contributed by atoms with Crippen LogP contribution in [0.3, 0.4) is 0 Å². The Morgan fingerprint density at radius 2 is 1.51 bits per heavy atom. The van der Waals surface area contributed by atoms with Gasteiger partial charge in [0.05, 0.1) is 33.0 Å². The van der Waals surface area contributed by atoms with E-state index < -0.39 is 38.1 Å². The van der Waals surface area contributed by atoms with Crippen molar-refractivity contribution in [2.75, 3.05) is 32.9 Å². The first kappa shape index (κ1) is 29.4. The molecule has 0 radical (unpaired) electrons. The van der Waals surface area contributed by atoms with Crippen LogP contribution in [0.15, 0.2) is 60.7 Å². The van der Waals surface area contributed by atoms with Crippen molar-refractivity contribution in [3.05, 3.63) is 71.8 Å². The van der Waals surface area contributed by atoms with Crippen molar-refractivity contribution in [3.8, 4) is 0 Å². The minimum absolute atomic E-state index is 0.0984. The van der Waals surface area contributed by atoms with E-state index in [4.69, 9.17) is 18.6 Å². The Labute approximate surface area is 221 Å². The van der Waals surface area contributed by atoms with Gasteiger partial charge in [-0.25, -0.2) is 0 Å². The second-order valence-electron chi connectivity index (χ2n) is 10.6. The average Bonchev–Trinajstić information content (AvgIpc) is 2.88. The highest BCUT2D eigenvalue weighted by Crippen LogP contribution is 2.30. The fourth-order valence-corrected chi connectivity index (χ4v) is 6.07. The molecule has 0 aliphatic carbocycles. The highest BCUT2D eigenvalue weighted by molar-refractivity contribution is 6.69. The topological polar surface area (TPSA) is 97.7 Å². The Bertz CT molecular complexity index is 950. The van der Waals surface area contributed by atoms with Crippen molar-refractivity contribution >= 4 is 14.2 Å². The SMILES string of the molecule is CC(COCc1ccccc1)(O[Si](C)(C)C)[C@@H](OCc1ccccc1)[C@H](O)[C@@H](O)C(=O)N1CCOCC1. The van der Waals surface area contributed by atoms with E-state index in [0.29, 0.717) is 32.9 Å². The zero-order chi connectivity index (χ0) is 26.9. The summed E-state index contributed by atoms with van der Waals surface area (Å²) in [6.07, 6.45) is -4.27. The van der Waals surface area contributed by atoms with Crippen LogP contribution in [0, 0.1) is 0 Å². The van der Waals surface area contributed by atoms with E-state index in [-0.39, 0.29) is 13.2 Å². The van der Waals surface area contributed by atoms with E-state index in [9.17, 15) is 15.0 Å². The van der Waals surface area contributed by atoms with E-state index in [2.05, 4.69) is 0 Å². The van der Waals surface area contributed by atoms with Crippen molar-refractivity contribution in [1.29, 1.82) is 0 Å². The molecule has 204 valence electrons. The molecule has 1 amide bonds. The molecule has 2 aromatic carbocycles. The molecule has 37 heavy (non-hydrogen) atoms. The molecule has 0 spiro atoms. The van der Waals surface area contributed by atoms with Crippen LogP contribution < -0.4 is 0 Å². The predicted molar refractivity (Wildman–Crippen MR) is 143 cm³/mol. The third-order valence-corrected chi connectivity index (χ3v) is 7.20. The molecule has 0 saturated carbocycles. The number of hydrogen-bond donors (Lipinski definition) is 2. The van der Waals surface area contributed by atoms with Gasteiger partial charge in [0.25, 0.3) is 5.91 Å². The molecule has 3 rings (SSSR count). The van der Waals surface area contributed by atoms with Crippen LogP contribution in [0.2, 0.25) is 19.6 Å². The third kappa shape index (κ3) is 9.00. The summed E-state index contributed by atoms with van der Waals surface area (Å²) in [4.78, 5) is 14.6.